The minimum atomic E-state index is -3.59. The topological polar surface area (TPSA) is 90.7 Å². The number of rotatable bonds is 7. The van der Waals surface area contributed by atoms with E-state index >= 15 is 0 Å². The second-order valence-electron chi connectivity index (χ2n) is 4.02. The molecule has 0 fully saturated rings. The summed E-state index contributed by atoms with van der Waals surface area (Å²) in [6, 6.07) is 4.33. The summed E-state index contributed by atoms with van der Waals surface area (Å²) < 4.78 is 36.9. The Hall–Kier alpha value is -1.31. The Bertz CT molecular complexity index is 516. The van der Waals surface area contributed by atoms with E-state index in [0.717, 1.165) is 0 Å². The number of nitrogen functional groups attached to an aromatic ring is 1. The van der Waals surface area contributed by atoms with E-state index in [9.17, 15) is 8.42 Å². The van der Waals surface area contributed by atoms with Gasteiger partial charge in [-0.15, -0.1) is 0 Å². The van der Waals surface area contributed by atoms with Crippen LogP contribution >= 0.6 is 0 Å². The maximum Gasteiger partial charge on any atom is 0.240 e. The molecule has 0 spiro atoms. The van der Waals surface area contributed by atoms with Crippen LogP contribution < -0.4 is 15.2 Å². The van der Waals surface area contributed by atoms with Crippen LogP contribution in [0.15, 0.2) is 23.1 Å². The highest BCUT2D eigenvalue weighted by Gasteiger charge is 2.16. The summed E-state index contributed by atoms with van der Waals surface area (Å²) in [6.07, 6.45) is -0.185. The summed E-state index contributed by atoms with van der Waals surface area (Å²) in [5.41, 5.74) is 6.04. The molecule has 108 valence electrons. The molecule has 1 unspecified atom stereocenters. The molecule has 0 aliphatic rings. The van der Waals surface area contributed by atoms with Gasteiger partial charge in [0, 0.05) is 19.2 Å². The molecule has 0 saturated carbocycles. The molecule has 0 bridgehead atoms. The van der Waals surface area contributed by atoms with Crippen molar-refractivity contribution in [3.63, 3.8) is 0 Å². The molecule has 19 heavy (non-hydrogen) atoms. The Morgan fingerprint density at radius 1 is 1.42 bits per heavy atom. The van der Waals surface area contributed by atoms with Gasteiger partial charge in [0.05, 0.1) is 23.8 Å². The first-order chi connectivity index (χ1) is 8.90. The minimum absolute atomic E-state index is 0.113. The molecule has 0 radical (unpaired) electrons. The number of hydrogen-bond acceptors (Lipinski definition) is 5. The van der Waals surface area contributed by atoms with Gasteiger partial charge in [-0.1, -0.05) is 0 Å². The lowest BCUT2D eigenvalue weighted by Gasteiger charge is -2.13. The highest BCUT2D eigenvalue weighted by molar-refractivity contribution is 7.89. The first kappa shape index (κ1) is 15.7. The lowest BCUT2D eigenvalue weighted by molar-refractivity contribution is 0.0799. The van der Waals surface area contributed by atoms with Gasteiger partial charge in [-0.2, -0.15) is 0 Å². The average Bonchev–Trinajstić information content (AvgIpc) is 2.37. The van der Waals surface area contributed by atoms with Gasteiger partial charge in [0.25, 0.3) is 0 Å². The largest absolute Gasteiger partial charge is 0.495 e. The van der Waals surface area contributed by atoms with Gasteiger partial charge in [-0.25, -0.2) is 13.1 Å². The van der Waals surface area contributed by atoms with E-state index in [2.05, 4.69) is 4.72 Å². The van der Waals surface area contributed by atoms with E-state index < -0.39 is 10.0 Å². The SMILES string of the molecule is CCOC(C)CNS(=O)(=O)c1ccc(N)c(OC)c1. The lowest BCUT2D eigenvalue weighted by atomic mass is 10.3. The predicted molar refractivity (Wildman–Crippen MR) is 73.7 cm³/mol. The molecular weight excluding hydrogens is 268 g/mol. The molecule has 0 aromatic heterocycles. The molecule has 3 N–H and O–H groups in total. The molecule has 0 saturated heterocycles. The highest BCUT2D eigenvalue weighted by Crippen LogP contribution is 2.24. The van der Waals surface area contributed by atoms with Crippen molar-refractivity contribution in [1.82, 2.24) is 4.72 Å². The zero-order chi connectivity index (χ0) is 14.5. The van der Waals surface area contributed by atoms with Gasteiger partial charge in [0.15, 0.2) is 0 Å². The Labute approximate surface area is 113 Å². The second kappa shape index (κ2) is 6.74. The van der Waals surface area contributed by atoms with Gasteiger partial charge < -0.3 is 15.2 Å². The molecule has 7 heteroatoms. The van der Waals surface area contributed by atoms with Crippen LogP contribution in [0.4, 0.5) is 5.69 Å². The molecule has 0 heterocycles. The van der Waals surface area contributed by atoms with Crippen LogP contribution in [-0.2, 0) is 14.8 Å². The summed E-state index contributed by atoms with van der Waals surface area (Å²) in [5, 5.41) is 0. The van der Waals surface area contributed by atoms with Crippen molar-refractivity contribution in [2.45, 2.75) is 24.8 Å². The first-order valence-corrected chi connectivity index (χ1v) is 7.43. The number of ether oxygens (including phenoxy) is 2. The molecule has 1 aromatic carbocycles. The van der Waals surface area contributed by atoms with Crippen molar-refractivity contribution in [3.05, 3.63) is 18.2 Å². The standard InChI is InChI=1S/C12H20N2O4S/c1-4-18-9(2)8-14-19(15,16)10-5-6-11(13)12(7-10)17-3/h5-7,9,14H,4,8,13H2,1-3H3. The fourth-order valence-electron chi connectivity index (χ4n) is 1.51. The smallest absolute Gasteiger partial charge is 0.240 e. The second-order valence-corrected chi connectivity index (χ2v) is 5.79. The van der Waals surface area contributed by atoms with Crippen molar-refractivity contribution in [2.24, 2.45) is 0 Å². The van der Waals surface area contributed by atoms with Gasteiger partial charge in [-0.3, -0.25) is 0 Å². The maximum absolute atomic E-state index is 12.1. The van der Waals surface area contributed by atoms with Gasteiger partial charge in [0.1, 0.15) is 5.75 Å². The number of methoxy groups -OCH3 is 1. The van der Waals surface area contributed by atoms with Crippen molar-refractivity contribution in [1.29, 1.82) is 0 Å². The Balaban J connectivity index is 2.83. The van der Waals surface area contributed by atoms with Crippen LogP contribution in [0.3, 0.4) is 0 Å². The van der Waals surface area contributed by atoms with E-state index in [4.69, 9.17) is 15.2 Å². The predicted octanol–water partition coefficient (Wildman–Crippen LogP) is 0.981. The first-order valence-electron chi connectivity index (χ1n) is 5.95. The molecule has 1 rings (SSSR count). The van der Waals surface area contributed by atoms with E-state index in [-0.39, 0.29) is 17.5 Å². The van der Waals surface area contributed by atoms with E-state index in [1.807, 2.05) is 6.92 Å². The molecule has 0 aliphatic heterocycles. The number of sulfonamides is 1. The van der Waals surface area contributed by atoms with Crippen molar-refractivity contribution in [3.8, 4) is 5.75 Å². The van der Waals surface area contributed by atoms with Crippen LogP contribution in [-0.4, -0.2) is 34.8 Å². The summed E-state index contributed by atoms with van der Waals surface area (Å²) >= 11 is 0. The Morgan fingerprint density at radius 2 is 2.11 bits per heavy atom. The summed E-state index contributed by atoms with van der Waals surface area (Å²) in [4.78, 5) is 0.113. The van der Waals surface area contributed by atoms with E-state index in [1.54, 1.807) is 6.92 Å². The number of hydrogen-bond donors (Lipinski definition) is 2. The fourth-order valence-corrected chi connectivity index (χ4v) is 2.64. The molecule has 0 aliphatic carbocycles. The number of nitrogens with two attached hydrogens (primary N) is 1. The summed E-state index contributed by atoms with van der Waals surface area (Å²) in [7, 11) is -2.15. The molecule has 1 aromatic rings. The van der Waals surface area contributed by atoms with E-state index in [0.29, 0.717) is 18.0 Å². The van der Waals surface area contributed by atoms with Crippen molar-refractivity contribution >= 4 is 15.7 Å². The Kier molecular flexibility index (Phi) is 5.59. The molecular formula is C12H20N2O4S. The van der Waals surface area contributed by atoms with Crippen molar-refractivity contribution in [2.75, 3.05) is 26.0 Å². The van der Waals surface area contributed by atoms with Crippen LogP contribution in [0.2, 0.25) is 0 Å². The zero-order valence-corrected chi connectivity index (χ0v) is 12.2. The van der Waals surface area contributed by atoms with Crippen LogP contribution in [0.5, 0.6) is 5.75 Å². The third-order valence-corrected chi connectivity index (χ3v) is 3.95. The Morgan fingerprint density at radius 3 is 2.68 bits per heavy atom. The fraction of sp³-hybridized carbons (Fsp3) is 0.500. The summed E-state index contributed by atoms with van der Waals surface area (Å²) in [5.74, 6) is 0.334. The number of anilines is 1. The summed E-state index contributed by atoms with van der Waals surface area (Å²) in [6.45, 7) is 4.41. The maximum atomic E-state index is 12.1. The van der Waals surface area contributed by atoms with Crippen LogP contribution in [0.1, 0.15) is 13.8 Å². The molecule has 0 amide bonds. The third kappa shape index (κ3) is 4.38. The van der Waals surface area contributed by atoms with Crippen LogP contribution in [0.25, 0.3) is 0 Å². The number of nitrogens with one attached hydrogen (secondary N) is 1. The van der Waals surface area contributed by atoms with Crippen LogP contribution in [0, 0.1) is 0 Å². The van der Waals surface area contributed by atoms with Gasteiger partial charge >= 0.3 is 0 Å². The monoisotopic (exact) mass is 288 g/mol. The lowest BCUT2D eigenvalue weighted by Crippen LogP contribution is -2.32. The van der Waals surface area contributed by atoms with Crippen molar-refractivity contribution < 1.29 is 17.9 Å². The number of benzene rings is 1. The van der Waals surface area contributed by atoms with E-state index in [1.165, 1.54) is 25.3 Å². The minimum Gasteiger partial charge on any atom is -0.495 e. The highest BCUT2D eigenvalue weighted by atomic mass is 32.2. The normalized spacial score (nSPS) is 13.2. The molecule has 1 atom stereocenters. The molecule has 6 nitrogen and oxygen atoms in total. The zero-order valence-electron chi connectivity index (χ0n) is 11.3. The van der Waals surface area contributed by atoms with Gasteiger partial charge in [-0.05, 0) is 26.0 Å². The van der Waals surface area contributed by atoms with Gasteiger partial charge in [0.2, 0.25) is 10.0 Å². The third-order valence-electron chi connectivity index (χ3n) is 2.53. The average molecular weight is 288 g/mol. The quantitative estimate of drug-likeness (QED) is 0.730.